The van der Waals surface area contributed by atoms with E-state index in [9.17, 15) is 5.26 Å². The summed E-state index contributed by atoms with van der Waals surface area (Å²) in [6, 6.07) is 75.4. The molecule has 0 aliphatic heterocycles. The average Bonchev–Trinajstić information content (AvgIpc) is 3.37. The van der Waals surface area contributed by atoms with Crippen LogP contribution in [0.3, 0.4) is 0 Å². The largest absolute Gasteiger partial charge is 0.208 e. The zero-order chi connectivity index (χ0) is 42.3. The zero-order valence-corrected chi connectivity index (χ0v) is 34.4. The number of aromatic nitrogens is 3. The fraction of sp³-hybridized carbons (Fsp3) is 0. The molecular weight excluding hydrogens is 777 g/mol. The SMILES string of the molecule is N#Cc1ccc(-c2ccccc2-c2nc(-c3ccccc3)nc(-c3ccc(-c4cc5ccc6cccc7c8cccc9ccc%10cccc(c(c4)c5c67)c%10c98)c4ccccc34)n2)cc1. The molecule has 0 saturated carbocycles. The summed E-state index contributed by atoms with van der Waals surface area (Å²) in [5.74, 6) is 1.77. The minimum Gasteiger partial charge on any atom is -0.208 e. The van der Waals surface area contributed by atoms with Crippen molar-refractivity contribution in [3.8, 4) is 62.5 Å². The lowest BCUT2D eigenvalue weighted by molar-refractivity contribution is 1.08. The molecule has 0 fully saturated rings. The molecule has 0 amide bonds. The Balaban J connectivity index is 1.06. The lowest BCUT2D eigenvalue weighted by atomic mass is 9.86. The van der Waals surface area contributed by atoms with Crippen LogP contribution in [0.1, 0.15) is 5.56 Å². The smallest absolute Gasteiger partial charge is 0.164 e. The molecule has 0 aliphatic carbocycles. The third kappa shape index (κ3) is 5.51. The summed E-state index contributed by atoms with van der Waals surface area (Å²) in [6.07, 6.45) is 0. The molecule has 4 nitrogen and oxygen atoms in total. The number of hydrogen-bond acceptors (Lipinski definition) is 4. The Labute approximate surface area is 368 Å². The number of nitriles is 1. The van der Waals surface area contributed by atoms with Crippen LogP contribution in [-0.4, -0.2) is 15.0 Å². The van der Waals surface area contributed by atoms with E-state index < -0.39 is 0 Å². The monoisotopic (exact) mass is 810 g/mol. The molecule has 1 aromatic heterocycles. The molecule has 4 heteroatoms. The third-order valence-corrected chi connectivity index (χ3v) is 13.1. The van der Waals surface area contributed by atoms with E-state index in [1.165, 1.54) is 64.6 Å². The molecule has 0 N–H and O–H groups in total. The molecule has 294 valence electrons. The second kappa shape index (κ2) is 14.1. The Morgan fingerprint density at radius 1 is 0.281 bits per heavy atom. The predicted molar refractivity (Wildman–Crippen MR) is 265 cm³/mol. The van der Waals surface area contributed by atoms with E-state index in [4.69, 9.17) is 15.0 Å². The Kier molecular flexibility index (Phi) is 7.94. The van der Waals surface area contributed by atoms with Gasteiger partial charge < -0.3 is 0 Å². The van der Waals surface area contributed by atoms with E-state index in [0.29, 0.717) is 23.0 Å². The van der Waals surface area contributed by atoms with Crippen LogP contribution in [0.5, 0.6) is 0 Å². The quantitative estimate of drug-likeness (QED) is 0.162. The fourth-order valence-corrected chi connectivity index (χ4v) is 10.2. The summed E-state index contributed by atoms with van der Waals surface area (Å²) in [6.45, 7) is 0. The van der Waals surface area contributed by atoms with Crippen LogP contribution < -0.4 is 0 Å². The van der Waals surface area contributed by atoms with Crippen molar-refractivity contribution in [2.75, 3.05) is 0 Å². The van der Waals surface area contributed by atoms with Crippen molar-refractivity contribution in [1.82, 2.24) is 15.0 Å². The molecule has 0 bridgehead atoms. The molecule has 0 unspecified atom stereocenters. The molecular formula is C60H34N4. The average molecular weight is 811 g/mol. The van der Waals surface area contributed by atoms with Gasteiger partial charge in [-0.1, -0.05) is 176 Å². The highest BCUT2D eigenvalue weighted by molar-refractivity contribution is 6.37. The lowest BCUT2D eigenvalue weighted by Gasteiger charge is -2.18. The van der Waals surface area contributed by atoms with Crippen LogP contribution >= 0.6 is 0 Å². The van der Waals surface area contributed by atoms with Gasteiger partial charge >= 0.3 is 0 Å². The van der Waals surface area contributed by atoms with Crippen molar-refractivity contribution in [2.24, 2.45) is 0 Å². The van der Waals surface area contributed by atoms with Crippen LogP contribution in [-0.2, 0) is 0 Å². The van der Waals surface area contributed by atoms with Gasteiger partial charge in [-0.2, -0.15) is 5.26 Å². The van der Waals surface area contributed by atoms with Gasteiger partial charge in [0.05, 0.1) is 11.6 Å². The predicted octanol–water partition coefficient (Wildman–Crippen LogP) is 15.6. The Hall–Kier alpha value is -8.78. The maximum atomic E-state index is 9.49. The van der Waals surface area contributed by atoms with Crippen molar-refractivity contribution in [3.63, 3.8) is 0 Å². The number of fused-ring (bicyclic) bond motifs is 3. The Morgan fingerprint density at radius 3 is 1.41 bits per heavy atom. The molecule has 0 aliphatic rings. The van der Waals surface area contributed by atoms with E-state index in [1.807, 2.05) is 66.7 Å². The first-order valence-electron chi connectivity index (χ1n) is 21.6. The van der Waals surface area contributed by atoms with Crippen LogP contribution in [0.4, 0.5) is 0 Å². The van der Waals surface area contributed by atoms with Gasteiger partial charge in [-0.3, -0.25) is 0 Å². The van der Waals surface area contributed by atoms with Crippen molar-refractivity contribution >= 4 is 75.4 Å². The van der Waals surface area contributed by atoms with E-state index in [1.54, 1.807) is 0 Å². The van der Waals surface area contributed by atoms with Crippen LogP contribution in [0.2, 0.25) is 0 Å². The highest BCUT2D eigenvalue weighted by Crippen LogP contribution is 2.46. The summed E-state index contributed by atoms with van der Waals surface area (Å²) in [5, 5.41) is 26.8. The number of nitrogens with zero attached hydrogens (tertiary/aromatic N) is 4. The standard InChI is InChI=1S/C60H34N4/c61-35-36-23-25-37(26-24-36)44-16-4-7-19-51(44)59-62-58(41-11-2-1-3-12-41)63-60(64-59)52-32-31-45(46-17-5-6-18-47(46)52)43-33-42-30-29-40-14-9-21-49-48-20-8-13-38-27-28-39-15-10-22-50(56(39)54(38)48)53(34-43)57(42)55(40)49/h1-34H. The van der Waals surface area contributed by atoms with Gasteiger partial charge in [-0.25, -0.2) is 15.0 Å². The maximum absolute atomic E-state index is 9.49. The molecule has 13 aromatic rings. The van der Waals surface area contributed by atoms with Crippen LogP contribution in [0.25, 0.3) is 132 Å². The molecule has 12 aromatic carbocycles. The summed E-state index contributed by atoms with van der Waals surface area (Å²) in [4.78, 5) is 15.6. The van der Waals surface area contributed by atoms with Crippen molar-refractivity contribution in [3.05, 3.63) is 212 Å². The molecule has 0 saturated heterocycles. The topological polar surface area (TPSA) is 62.5 Å². The van der Waals surface area contributed by atoms with E-state index in [2.05, 4.69) is 146 Å². The first-order chi connectivity index (χ1) is 31.7. The van der Waals surface area contributed by atoms with Gasteiger partial charge in [0.2, 0.25) is 0 Å². The second-order valence-corrected chi connectivity index (χ2v) is 16.6. The number of hydrogen-bond donors (Lipinski definition) is 0. The fourth-order valence-electron chi connectivity index (χ4n) is 10.2. The summed E-state index contributed by atoms with van der Waals surface area (Å²) in [5.41, 5.74) is 7.58. The first-order valence-corrected chi connectivity index (χ1v) is 21.6. The van der Waals surface area contributed by atoms with E-state index >= 15 is 0 Å². The number of benzene rings is 11. The Morgan fingerprint density at radius 2 is 0.766 bits per heavy atom. The van der Waals surface area contributed by atoms with Gasteiger partial charge in [-0.15, -0.1) is 0 Å². The van der Waals surface area contributed by atoms with Crippen molar-refractivity contribution < 1.29 is 0 Å². The molecule has 0 radical (unpaired) electrons. The first kappa shape index (κ1) is 35.9. The second-order valence-electron chi connectivity index (χ2n) is 16.6. The normalized spacial score (nSPS) is 11.7. The summed E-state index contributed by atoms with van der Waals surface area (Å²) >= 11 is 0. The summed E-state index contributed by atoms with van der Waals surface area (Å²) < 4.78 is 0. The molecule has 1 heterocycles. The molecule has 0 atom stereocenters. The molecule has 13 rings (SSSR count). The molecule has 0 spiro atoms. The minimum absolute atomic E-state index is 0.579. The highest BCUT2D eigenvalue weighted by Gasteiger charge is 2.20. The third-order valence-electron chi connectivity index (χ3n) is 13.1. The van der Waals surface area contributed by atoms with E-state index in [0.717, 1.165) is 49.7 Å². The van der Waals surface area contributed by atoms with Gasteiger partial charge in [-0.05, 0) is 128 Å². The van der Waals surface area contributed by atoms with Gasteiger partial charge in [0.25, 0.3) is 0 Å². The van der Waals surface area contributed by atoms with E-state index in [-0.39, 0.29) is 0 Å². The van der Waals surface area contributed by atoms with Crippen molar-refractivity contribution in [2.45, 2.75) is 0 Å². The zero-order valence-electron chi connectivity index (χ0n) is 34.4. The Bertz CT molecular complexity index is 4070. The van der Waals surface area contributed by atoms with Crippen LogP contribution in [0, 0.1) is 11.3 Å². The van der Waals surface area contributed by atoms with Crippen molar-refractivity contribution in [1.29, 1.82) is 5.26 Å². The van der Waals surface area contributed by atoms with Crippen LogP contribution in [0.15, 0.2) is 206 Å². The lowest BCUT2D eigenvalue weighted by Crippen LogP contribution is -2.01. The van der Waals surface area contributed by atoms with Gasteiger partial charge in [0, 0.05) is 16.7 Å². The summed E-state index contributed by atoms with van der Waals surface area (Å²) in [7, 11) is 0. The van der Waals surface area contributed by atoms with Gasteiger partial charge in [0.1, 0.15) is 0 Å². The van der Waals surface area contributed by atoms with Gasteiger partial charge in [0.15, 0.2) is 17.5 Å². The number of rotatable bonds is 5. The highest BCUT2D eigenvalue weighted by atomic mass is 15.0. The minimum atomic E-state index is 0.579. The maximum Gasteiger partial charge on any atom is 0.164 e. The molecule has 64 heavy (non-hydrogen) atoms.